The number of alkyl halides is 6. The van der Waals surface area contributed by atoms with Gasteiger partial charge in [-0.3, -0.25) is 20.2 Å². The minimum absolute atomic E-state index is 0.00869. The number of hydrogen-bond donors (Lipinski definition) is 0. The van der Waals surface area contributed by atoms with Gasteiger partial charge in [-0.25, -0.2) is 0 Å². The number of hydrogen-bond acceptors (Lipinski definition) is 5. The van der Waals surface area contributed by atoms with Crippen LogP contribution in [0, 0.1) is 20.2 Å². The molecule has 0 amide bonds. The van der Waals surface area contributed by atoms with Crippen molar-refractivity contribution in [2.24, 2.45) is 0 Å². The average molecular weight is 595 g/mol. The van der Waals surface area contributed by atoms with Crippen LogP contribution in [0.4, 0.5) is 49.1 Å². The molecule has 0 unspecified atom stereocenters. The Morgan fingerprint density at radius 3 is 1.84 bits per heavy atom. The monoisotopic (exact) mass is 593 g/mol. The molecule has 32 heavy (non-hydrogen) atoms. The fraction of sp³-hybridized carbons (Fsp3) is 0.294. The molecule has 0 spiro atoms. The minimum Gasteiger partial charge on any atom is -0.334 e. The lowest BCUT2D eigenvalue weighted by molar-refractivity contribution is -0.394. The van der Waals surface area contributed by atoms with Gasteiger partial charge < -0.3 is 4.90 Å². The predicted molar refractivity (Wildman–Crippen MR) is 109 cm³/mol. The molecule has 0 fully saturated rings. The van der Waals surface area contributed by atoms with Gasteiger partial charge in [0.15, 0.2) is 0 Å². The Bertz CT molecular complexity index is 1080. The van der Waals surface area contributed by atoms with Gasteiger partial charge in [-0.05, 0) is 34.5 Å². The molecule has 0 N–H and O–H groups in total. The first-order chi connectivity index (χ1) is 14.6. The van der Waals surface area contributed by atoms with Crippen molar-refractivity contribution in [2.45, 2.75) is 25.7 Å². The van der Waals surface area contributed by atoms with Gasteiger partial charge in [0.05, 0.1) is 32.7 Å². The van der Waals surface area contributed by atoms with Crippen LogP contribution in [0.5, 0.6) is 0 Å². The fourth-order valence-corrected chi connectivity index (χ4v) is 4.40. The van der Waals surface area contributed by atoms with Gasteiger partial charge in [0.25, 0.3) is 11.4 Å². The normalized spacial score (nSPS) is 12.0. The first-order valence-corrected chi connectivity index (χ1v) is 10.1. The van der Waals surface area contributed by atoms with E-state index < -0.39 is 62.6 Å². The van der Waals surface area contributed by atoms with Crippen molar-refractivity contribution in [3.8, 4) is 0 Å². The summed E-state index contributed by atoms with van der Waals surface area (Å²) >= 11 is 5.78. The second-order valence-corrected chi connectivity index (χ2v) is 8.08. The fourth-order valence-electron chi connectivity index (χ4n) is 2.96. The number of benzene rings is 2. The lowest BCUT2D eigenvalue weighted by Gasteiger charge is -2.30. The summed E-state index contributed by atoms with van der Waals surface area (Å²) in [7, 11) is 0. The van der Waals surface area contributed by atoms with Crippen LogP contribution in [0.15, 0.2) is 33.2 Å². The van der Waals surface area contributed by atoms with E-state index in [1.54, 1.807) is 0 Å². The third-order valence-corrected chi connectivity index (χ3v) is 5.17. The molecule has 2 aromatic rings. The number of nitrogens with zero attached hydrogens (tertiary/aromatic N) is 3. The van der Waals surface area contributed by atoms with E-state index in [9.17, 15) is 46.6 Å². The maximum absolute atomic E-state index is 13.8. The molecule has 174 valence electrons. The van der Waals surface area contributed by atoms with Crippen molar-refractivity contribution in [1.82, 2.24) is 0 Å². The zero-order valence-electron chi connectivity index (χ0n) is 15.7. The van der Waals surface area contributed by atoms with Gasteiger partial charge in [-0.1, -0.05) is 22.9 Å². The van der Waals surface area contributed by atoms with E-state index in [1.807, 2.05) is 0 Å². The van der Waals surface area contributed by atoms with Crippen molar-refractivity contribution in [3.63, 3.8) is 0 Å². The molecular weight excluding hydrogens is 584 g/mol. The van der Waals surface area contributed by atoms with Crippen LogP contribution >= 0.6 is 31.9 Å². The molecule has 0 aromatic heterocycles. The molecule has 0 aliphatic rings. The van der Waals surface area contributed by atoms with E-state index in [-0.39, 0.29) is 27.5 Å². The third-order valence-electron chi connectivity index (χ3n) is 4.11. The lowest BCUT2D eigenvalue weighted by Crippen LogP contribution is -2.26. The highest BCUT2D eigenvalue weighted by Crippen LogP contribution is 2.51. The summed E-state index contributed by atoms with van der Waals surface area (Å²) < 4.78 is 82.5. The maximum Gasteiger partial charge on any atom is 0.418 e. The summed E-state index contributed by atoms with van der Waals surface area (Å²) in [5, 5.41) is 22.6. The molecule has 0 aliphatic carbocycles. The van der Waals surface area contributed by atoms with Gasteiger partial charge in [-0.2, -0.15) is 26.3 Å². The van der Waals surface area contributed by atoms with Crippen LogP contribution in [-0.4, -0.2) is 16.4 Å². The second kappa shape index (κ2) is 9.21. The maximum atomic E-state index is 13.8. The Kier molecular flexibility index (Phi) is 7.44. The highest BCUT2D eigenvalue weighted by atomic mass is 79.9. The van der Waals surface area contributed by atoms with Crippen molar-refractivity contribution in [3.05, 3.63) is 64.6 Å². The number of non-ortho nitro benzene ring substituents is 1. The molecule has 0 radical (unpaired) electrons. The standard InChI is InChI=1S/C17H11Br2F6N3O4/c1-2-3-26(14-10(16(20,21)22)4-8(18)5-12(14)19)15-11(17(23,24)25)6-9(27(29)30)7-13(15)28(31)32/h4-7H,2-3H2,1H3. The Morgan fingerprint density at radius 1 is 0.875 bits per heavy atom. The van der Waals surface area contributed by atoms with Gasteiger partial charge >= 0.3 is 12.4 Å². The molecule has 2 aromatic carbocycles. The van der Waals surface area contributed by atoms with Crippen molar-refractivity contribution >= 4 is 54.6 Å². The Labute approximate surface area is 192 Å². The highest BCUT2D eigenvalue weighted by Gasteiger charge is 2.44. The summed E-state index contributed by atoms with van der Waals surface area (Å²) in [5.74, 6) is 0. The highest BCUT2D eigenvalue weighted by molar-refractivity contribution is 9.11. The molecule has 0 saturated carbocycles. The molecule has 0 saturated heterocycles. The van der Waals surface area contributed by atoms with E-state index in [2.05, 4.69) is 31.9 Å². The molecule has 7 nitrogen and oxygen atoms in total. The number of halogens is 8. The number of nitro benzene ring substituents is 2. The molecule has 0 bridgehead atoms. The van der Waals surface area contributed by atoms with Gasteiger partial charge in [-0.15, -0.1) is 0 Å². The Hall–Kier alpha value is -2.42. The largest absolute Gasteiger partial charge is 0.418 e. The minimum atomic E-state index is -5.35. The summed E-state index contributed by atoms with van der Waals surface area (Å²) in [6.45, 7) is 0.947. The summed E-state index contributed by atoms with van der Waals surface area (Å²) in [4.78, 5) is 20.6. The van der Waals surface area contributed by atoms with Crippen molar-refractivity contribution < 1.29 is 36.2 Å². The lowest BCUT2D eigenvalue weighted by atomic mass is 10.0. The molecular formula is C17H11Br2F6N3O4. The zero-order valence-corrected chi connectivity index (χ0v) is 18.9. The Morgan fingerprint density at radius 2 is 1.41 bits per heavy atom. The van der Waals surface area contributed by atoms with Crippen LogP contribution in [0.2, 0.25) is 0 Å². The summed E-state index contributed by atoms with van der Waals surface area (Å²) in [5.41, 5.74) is -7.80. The van der Waals surface area contributed by atoms with E-state index >= 15 is 0 Å². The van der Waals surface area contributed by atoms with Gasteiger partial charge in [0.1, 0.15) is 5.69 Å². The third kappa shape index (κ3) is 5.31. The van der Waals surface area contributed by atoms with E-state index in [1.165, 1.54) is 6.92 Å². The van der Waals surface area contributed by atoms with Gasteiger partial charge in [0.2, 0.25) is 0 Å². The topological polar surface area (TPSA) is 89.5 Å². The molecule has 0 aliphatic heterocycles. The van der Waals surface area contributed by atoms with E-state index in [4.69, 9.17) is 0 Å². The predicted octanol–water partition coefficient (Wildman–Crippen LogP) is 7.61. The smallest absolute Gasteiger partial charge is 0.334 e. The summed E-state index contributed by atoms with van der Waals surface area (Å²) in [6.07, 6.45) is -10.4. The van der Waals surface area contributed by atoms with Crippen molar-refractivity contribution in [1.29, 1.82) is 0 Å². The zero-order chi connectivity index (χ0) is 24.6. The SMILES string of the molecule is CCCN(c1c(Br)cc(Br)cc1C(F)(F)F)c1c([N+](=O)[O-])cc([N+](=O)[O-])cc1C(F)(F)F. The van der Waals surface area contributed by atoms with Crippen LogP contribution in [0.1, 0.15) is 24.5 Å². The molecule has 15 heteroatoms. The second-order valence-electron chi connectivity index (χ2n) is 6.31. The summed E-state index contributed by atoms with van der Waals surface area (Å²) in [6, 6.07) is 2.10. The Balaban J connectivity index is 3.08. The average Bonchev–Trinajstić information content (AvgIpc) is 2.63. The number of rotatable bonds is 6. The molecule has 0 atom stereocenters. The van der Waals surface area contributed by atoms with Crippen LogP contribution in [0.25, 0.3) is 0 Å². The van der Waals surface area contributed by atoms with Crippen LogP contribution in [-0.2, 0) is 12.4 Å². The van der Waals surface area contributed by atoms with Crippen LogP contribution < -0.4 is 4.90 Å². The van der Waals surface area contributed by atoms with Gasteiger partial charge in [0, 0.05) is 21.6 Å². The molecule has 2 rings (SSSR count). The van der Waals surface area contributed by atoms with Crippen molar-refractivity contribution in [2.75, 3.05) is 11.4 Å². The first kappa shape index (κ1) is 25.8. The quantitative estimate of drug-likeness (QED) is 0.195. The van der Waals surface area contributed by atoms with E-state index in [0.29, 0.717) is 11.0 Å². The molecule has 0 heterocycles. The van der Waals surface area contributed by atoms with Crippen LogP contribution in [0.3, 0.4) is 0 Å². The first-order valence-electron chi connectivity index (χ1n) is 8.47. The van der Waals surface area contributed by atoms with E-state index in [0.717, 1.165) is 6.07 Å². The number of nitro groups is 2. The number of anilines is 2.